The van der Waals surface area contributed by atoms with Crippen LogP contribution in [-0.4, -0.2) is 24.4 Å². The molecular formula is C13H13BrF2N2O2. The van der Waals surface area contributed by atoms with E-state index in [9.17, 15) is 18.4 Å². The van der Waals surface area contributed by atoms with E-state index in [4.69, 9.17) is 0 Å². The molecule has 1 fully saturated rings. The lowest BCUT2D eigenvalue weighted by molar-refractivity contribution is -0.132. The Morgan fingerprint density at radius 3 is 2.55 bits per heavy atom. The van der Waals surface area contributed by atoms with Gasteiger partial charge in [0.1, 0.15) is 24.2 Å². The maximum absolute atomic E-state index is 13.9. The Balaban J connectivity index is 2.43. The number of benzene rings is 1. The number of rotatable bonds is 2. The summed E-state index contributed by atoms with van der Waals surface area (Å²) in [5.41, 5.74) is -0.108. The number of piperazine rings is 1. The molecule has 1 aliphatic rings. The molecular weight excluding hydrogens is 334 g/mol. The first-order valence-corrected chi connectivity index (χ1v) is 6.86. The third kappa shape index (κ3) is 2.67. The van der Waals surface area contributed by atoms with Crippen molar-refractivity contribution in [2.45, 2.75) is 19.9 Å². The van der Waals surface area contributed by atoms with Crippen molar-refractivity contribution < 1.29 is 18.4 Å². The molecule has 1 atom stereocenters. The molecule has 2 amide bonds. The second-order valence-corrected chi connectivity index (χ2v) is 5.79. The van der Waals surface area contributed by atoms with Crippen LogP contribution in [0, 0.1) is 17.6 Å². The van der Waals surface area contributed by atoms with Gasteiger partial charge in [-0.2, -0.15) is 0 Å². The summed E-state index contributed by atoms with van der Waals surface area (Å²) in [5.74, 6) is -2.54. The van der Waals surface area contributed by atoms with Crippen LogP contribution in [0.15, 0.2) is 16.6 Å². The van der Waals surface area contributed by atoms with Gasteiger partial charge in [-0.3, -0.25) is 14.5 Å². The Morgan fingerprint density at radius 1 is 1.30 bits per heavy atom. The maximum Gasteiger partial charge on any atom is 0.250 e. The van der Waals surface area contributed by atoms with Crippen molar-refractivity contribution in [3.05, 3.63) is 28.2 Å². The van der Waals surface area contributed by atoms with Gasteiger partial charge >= 0.3 is 0 Å². The highest BCUT2D eigenvalue weighted by Crippen LogP contribution is 2.28. The van der Waals surface area contributed by atoms with E-state index in [2.05, 4.69) is 21.2 Å². The van der Waals surface area contributed by atoms with E-state index in [-0.39, 0.29) is 28.5 Å². The van der Waals surface area contributed by atoms with Crippen LogP contribution in [-0.2, 0) is 9.59 Å². The number of carbonyl (C=O) groups excluding carboxylic acids is 2. The Labute approximate surface area is 123 Å². The van der Waals surface area contributed by atoms with Crippen molar-refractivity contribution in [1.82, 2.24) is 5.32 Å². The van der Waals surface area contributed by atoms with Gasteiger partial charge in [-0.1, -0.05) is 13.8 Å². The Morgan fingerprint density at radius 2 is 1.95 bits per heavy atom. The van der Waals surface area contributed by atoms with Crippen LogP contribution < -0.4 is 10.2 Å². The number of carbonyl (C=O) groups is 2. The lowest BCUT2D eigenvalue weighted by Crippen LogP contribution is -2.60. The Hall–Kier alpha value is -1.50. The average molecular weight is 347 g/mol. The van der Waals surface area contributed by atoms with Gasteiger partial charge in [0.05, 0.1) is 10.2 Å². The van der Waals surface area contributed by atoms with Gasteiger partial charge in [-0.05, 0) is 27.9 Å². The van der Waals surface area contributed by atoms with E-state index in [1.54, 1.807) is 13.8 Å². The number of nitrogens with one attached hydrogen (secondary N) is 1. The van der Waals surface area contributed by atoms with Gasteiger partial charge in [0, 0.05) is 6.07 Å². The molecule has 0 bridgehead atoms. The Bertz CT molecular complexity index is 578. The normalized spacial score (nSPS) is 19.5. The lowest BCUT2D eigenvalue weighted by Gasteiger charge is -2.34. The monoisotopic (exact) mass is 346 g/mol. The summed E-state index contributed by atoms with van der Waals surface area (Å²) >= 11 is 2.95. The highest BCUT2D eigenvalue weighted by molar-refractivity contribution is 9.10. The topological polar surface area (TPSA) is 49.4 Å². The summed E-state index contributed by atoms with van der Waals surface area (Å²) in [7, 11) is 0. The number of anilines is 1. The molecule has 20 heavy (non-hydrogen) atoms. The molecule has 0 spiro atoms. The third-order valence-electron chi connectivity index (χ3n) is 3.10. The minimum atomic E-state index is -0.878. The molecule has 1 aliphatic heterocycles. The predicted octanol–water partition coefficient (Wildman–Crippen LogP) is 2.21. The lowest BCUT2D eigenvalue weighted by atomic mass is 10.0. The molecule has 0 aliphatic carbocycles. The Kier molecular flexibility index (Phi) is 4.08. The zero-order valence-corrected chi connectivity index (χ0v) is 12.5. The second kappa shape index (κ2) is 5.47. The molecule has 1 saturated heterocycles. The number of halogens is 3. The van der Waals surface area contributed by atoms with Crippen molar-refractivity contribution in [2.75, 3.05) is 11.4 Å². The van der Waals surface area contributed by atoms with Gasteiger partial charge < -0.3 is 5.32 Å². The zero-order valence-electron chi connectivity index (χ0n) is 10.9. The van der Waals surface area contributed by atoms with Crippen molar-refractivity contribution in [3.8, 4) is 0 Å². The number of nitrogens with zero attached hydrogens (tertiary/aromatic N) is 1. The third-order valence-corrected chi connectivity index (χ3v) is 3.71. The smallest absolute Gasteiger partial charge is 0.250 e. The largest absolute Gasteiger partial charge is 0.342 e. The molecule has 1 aromatic carbocycles. The van der Waals surface area contributed by atoms with Crippen LogP contribution in [0.3, 0.4) is 0 Å². The second-order valence-electron chi connectivity index (χ2n) is 4.93. The quantitative estimate of drug-likeness (QED) is 0.834. The first-order chi connectivity index (χ1) is 9.31. The van der Waals surface area contributed by atoms with E-state index in [0.717, 1.165) is 4.90 Å². The summed E-state index contributed by atoms with van der Waals surface area (Å²) in [6.07, 6.45) is 0. The fraction of sp³-hybridized carbons (Fsp3) is 0.385. The van der Waals surface area contributed by atoms with Crippen LogP contribution in [0.4, 0.5) is 14.5 Å². The number of hydrogen-bond donors (Lipinski definition) is 1. The number of hydrogen-bond acceptors (Lipinski definition) is 2. The molecule has 1 heterocycles. The van der Waals surface area contributed by atoms with Gasteiger partial charge in [-0.15, -0.1) is 0 Å². The minimum absolute atomic E-state index is 0.0359. The average Bonchev–Trinajstić information content (AvgIpc) is 2.36. The molecule has 4 nitrogen and oxygen atoms in total. The van der Waals surface area contributed by atoms with Crippen molar-refractivity contribution >= 4 is 33.4 Å². The molecule has 1 aromatic rings. The van der Waals surface area contributed by atoms with Gasteiger partial charge in [0.2, 0.25) is 11.8 Å². The molecule has 0 aromatic heterocycles. The first-order valence-electron chi connectivity index (χ1n) is 6.06. The van der Waals surface area contributed by atoms with Gasteiger partial charge in [0.15, 0.2) is 0 Å². The van der Waals surface area contributed by atoms with E-state index >= 15 is 0 Å². The summed E-state index contributed by atoms with van der Waals surface area (Å²) < 4.78 is 27.1. The van der Waals surface area contributed by atoms with E-state index in [1.807, 2.05) is 0 Å². The predicted molar refractivity (Wildman–Crippen MR) is 73.2 cm³/mol. The fourth-order valence-electron chi connectivity index (χ4n) is 2.04. The fourth-order valence-corrected chi connectivity index (χ4v) is 2.38. The molecule has 1 N–H and O–H groups in total. The van der Waals surface area contributed by atoms with Crippen molar-refractivity contribution in [2.24, 2.45) is 5.92 Å². The van der Waals surface area contributed by atoms with E-state index in [1.165, 1.54) is 6.07 Å². The van der Waals surface area contributed by atoms with Crippen molar-refractivity contribution in [1.29, 1.82) is 0 Å². The molecule has 0 saturated carbocycles. The summed E-state index contributed by atoms with van der Waals surface area (Å²) in [6, 6.07) is 1.14. The zero-order chi connectivity index (χ0) is 15.0. The molecule has 0 radical (unpaired) electrons. The van der Waals surface area contributed by atoms with Crippen LogP contribution in [0.5, 0.6) is 0 Å². The van der Waals surface area contributed by atoms with E-state index in [0.29, 0.717) is 6.07 Å². The standard InChI is InChI=1S/C13H13BrF2N2O2/c1-6(2)12-13(20)18(5-11(19)17-12)10-3-7(14)8(15)4-9(10)16/h3-4,6,12H,5H2,1-2H3,(H,17,19). The SMILES string of the molecule is CC(C)C1NC(=O)CN(c2cc(Br)c(F)cc2F)C1=O. The minimum Gasteiger partial charge on any atom is -0.342 e. The van der Waals surface area contributed by atoms with E-state index < -0.39 is 23.6 Å². The van der Waals surface area contributed by atoms with Crippen LogP contribution in [0.2, 0.25) is 0 Å². The summed E-state index contributed by atoms with van der Waals surface area (Å²) in [4.78, 5) is 25.0. The van der Waals surface area contributed by atoms with Crippen molar-refractivity contribution in [3.63, 3.8) is 0 Å². The number of amides is 2. The molecule has 2 rings (SSSR count). The van der Waals surface area contributed by atoms with Crippen LogP contribution >= 0.6 is 15.9 Å². The van der Waals surface area contributed by atoms with Crippen LogP contribution in [0.25, 0.3) is 0 Å². The molecule has 108 valence electrons. The highest BCUT2D eigenvalue weighted by atomic mass is 79.9. The molecule has 1 unspecified atom stereocenters. The van der Waals surface area contributed by atoms with Gasteiger partial charge in [-0.25, -0.2) is 8.78 Å². The summed E-state index contributed by atoms with van der Waals surface area (Å²) in [5, 5.41) is 2.57. The maximum atomic E-state index is 13.9. The summed E-state index contributed by atoms with van der Waals surface area (Å²) in [6.45, 7) is 3.28. The molecule has 7 heteroatoms. The highest BCUT2D eigenvalue weighted by Gasteiger charge is 2.36. The van der Waals surface area contributed by atoms with Gasteiger partial charge in [0.25, 0.3) is 0 Å². The first kappa shape index (κ1) is 14.9. The van der Waals surface area contributed by atoms with Crippen LogP contribution in [0.1, 0.15) is 13.8 Å².